The number of carbonyl (C=O) groups is 3. The van der Waals surface area contributed by atoms with E-state index in [1.165, 1.54) is 16.7 Å². The number of hydrogen-bond donors (Lipinski definition) is 2. The number of hydrogen-bond acceptors (Lipinski definition) is 6. The summed E-state index contributed by atoms with van der Waals surface area (Å²) in [7, 11) is 0. The molecule has 1 aromatic carbocycles. The van der Waals surface area contributed by atoms with Crippen molar-refractivity contribution in [2.45, 2.75) is 0 Å². The molecule has 0 atom stereocenters. The lowest BCUT2D eigenvalue weighted by Gasteiger charge is -2.15. The summed E-state index contributed by atoms with van der Waals surface area (Å²) in [5.74, 6) is -0.719. The Balaban J connectivity index is 1.45. The summed E-state index contributed by atoms with van der Waals surface area (Å²) < 4.78 is 5.56. The minimum absolute atomic E-state index is 0.0602. The molecular formula is C16H15N3O4S2. The van der Waals surface area contributed by atoms with Gasteiger partial charge in [0, 0.05) is 30.2 Å². The number of aromatic amines is 1. The van der Waals surface area contributed by atoms with Gasteiger partial charge in [-0.15, -0.1) is 0 Å². The normalized spacial score (nSPS) is 14.2. The van der Waals surface area contributed by atoms with Crippen LogP contribution in [0.3, 0.4) is 0 Å². The van der Waals surface area contributed by atoms with Crippen molar-refractivity contribution >= 4 is 57.0 Å². The second kappa shape index (κ2) is 7.66. The van der Waals surface area contributed by atoms with Gasteiger partial charge in [-0.05, 0) is 6.07 Å². The Bertz CT molecular complexity index is 833. The lowest BCUT2D eigenvalue weighted by molar-refractivity contribution is -0.126. The molecule has 0 bridgehead atoms. The average molecular weight is 377 g/mol. The predicted molar refractivity (Wildman–Crippen MR) is 98.4 cm³/mol. The third kappa shape index (κ3) is 3.99. The second-order valence-corrected chi connectivity index (χ2v) is 6.88. The van der Waals surface area contributed by atoms with E-state index in [1.54, 1.807) is 12.3 Å². The van der Waals surface area contributed by atoms with E-state index in [1.807, 2.05) is 18.2 Å². The zero-order chi connectivity index (χ0) is 17.8. The van der Waals surface area contributed by atoms with Crippen LogP contribution in [0.2, 0.25) is 0 Å². The molecule has 2 aromatic rings. The van der Waals surface area contributed by atoms with Gasteiger partial charge in [0.25, 0.3) is 5.91 Å². The zero-order valence-corrected chi connectivity index (χ0v) is 14.7. The van der Waals surface area contributed by atoms with E-state index < -0.39 is 11.9 Å². The maximum absolute atomic E-state index is 12.1. The molecule has 25 heavy (non-hydrogen) atoms. The standard InChI is InChI=1S/C16H15N3O4S2/c20-13(17-5-6-19-14(21)9-25-16(19)24)8-23-15(22)11-7-18-12-4-2-1-3-10(11)12/h1-4,7,18H,5-6,8-9H2,(H,17,20). The molecule has 0 unspecified atom stereocenters. The fraction of sp³-hybridized carbons (Fsp3) is 0.250. The van der Waals surface area contributed by atoms with Gasteiger partial charge >= 0.3 is 5.97 Å². The van der Waals surface area contributed by atoms with Crippen LogP contribution in [-0.4, -0.2) is 57.4 Å². The summed E-state index contributed by atoms with van der Waals surface area (Å²) in [5, 5.41) is 3.34. The van der Waals surface area contributed by atoms with Crippen molar-refractivity contribution in [1.29, 1.82) is 0 Å². The highest BCUT2D eigenvalue weighted by atomic mass is 32.2. The molecule has 3 rings (SSSR count). The Morgan fingerprint density at radius 1 is 1.36 bits per heavy atom. The van der Waals surface area contributed by atoms with Crippen LogP contribution in [0.25, 0.3) is 10.9 Å². The first-order chi connectivity index (χ1) is 12.1. The number of benzene rings is 1. The summed E-state index contributed by atoms with van der Waals surface area (Å²) in [6.07, 6.45) is 1.56. The number of carbonyl (C=O) groups excluding carboxylic acids is 3. The Labute approximate surface area is 153 Å². The van der Waals surface area contributed by atoms with E-state index in [9.17, 15) is 14.4 Å². The summed E-state index contributed by atoms with van der Waals surface area (Å²) in [4.78, 5) is 39.9. The summed E-state index contributed by atoms with van der Waals surface area (Å²) in [5.41, 5.74) is 1.21. The molecule has 2 heterocycles. The lowest BCUT2D eigenvalue weighted by atomic mass is 10.2. The average Bonchev–Trinajstić information content (AvgIpc) is 3.18. The molecule has 1 aromatic heterocycles. The number of thioether (sulfide) groups is 1. The molecule has 9 heteroatoms. The Morgan fingerprint density at radius 3 is 2.92 bits per heavy atom. The van der Waals surface area contributed by atoms with E-state index >= 15 is 0 Å². The van der Waals surface area contributed by atoms with E-state index in [4.69, 9.17) is 17.0 Å². The number of nitrogens with zero attached hydrogens (tertiary/aromatic N) is 1. The maximum Gasteiger partial charge on any atom is 0.340 e. The second-order valence-electron chi connectivity index (χ2n) is 5.27. The number of H-pyrrole nitrogens is 1. The molecule has 7 nitrogen and oxygen atoms in total. The van der Waals surface area contributed by atoms with Gasteiger partial charge < -0.3 is 15.0 Å². The molecule has 0 spiro atoms. The first kappa shape index (κ1) is 17.4. The van der Waals surface area contributed by atoms with Gasteiger partial charge in [0.2, 0.25) is 5.91 Å². The topological polar surface area (TPSA) is 91.5 Å². The largest absolute Gasteiger partial charge is 0.452 e. The SMILES string of the molecule is O=C(COC(=O)c1c[nH]c2ccccc12)NCCN1C(=O)CSC1=S. The monoisotopic (exact) mass is 377 g/mol. The third-order valence-electron chi connectivity index (χ3n) is 3.64. The number of esters is 1. The first-order valence-corrected chi connectivity index (χ1v) is 8.92. The smallest absolute Gasteiger partial charge is 0.340 e. The van der Waals surface area contributed by atoms with Crippen LogP contribution < -0.4 is 5.32 Å². The van der Waals surface area contributed by atoms with Gasteiger partial charge in [-0.1, -0.05) is 42.2 Å². The Morgan fingerprint density at radius 2 is 2.16 bits per heavy atom. The predicted octanol–water partition coefficient (Wildman–Crippen LogP) is 1.30. The quantitative estimate of drug-likeness (QED) is 0.582. The minimum Gasteiger partial charge on any atom is -0.452 e. The third-order valence-corrected chi connectivity index (χ3v) is 5.07. The highest BCUT2D eigenvalue weighted by Gasteiger charge is 2.26. The number of ether oxygens (including phenoxy) is 1. The zero-order valence-electron chi connectivity index (χ0n) is 13.1. The minimum atomic E-state index is -0.570. The van der Waals surface area contributed by atoms with Gasteiger partial charge in [0.1, 0.15) is 4.32 Å². The van der Waals surface area contributed by atoms with Crippen molar-refractivity contribution in [1.82, 2.24) is 15.2 Å². The molecule has 0 radical (unpaired) electrons. The Kier molecular flexibility index (Phi) is 5.34. The molecule has 2 amide bonds. The summed E-state index contributed by atoms with van der Waals surface area (Å²) in [6.45, 7) is 0.175. The molecule has 1 fully saturated rings. The highest BCUT2D eigenvalue weighted by Crippen LogP contribution is 2.19. The number of rotatable bonds is 6. The molecule has 1 saturated heterocycles. The van der Waals surface area contributed by atoms with Gasteiger partial charge in [-0.3, -0.25) is 14.5 Å². The van der Waals surface area contributed by atoms with Crippen molar-refractivity contribution in [2.75, 3.05) is 25.4 Å². The molecule has 0 saturated carbocycles. The van der Waals surface area contributed by atoms with Crippen LogP contribution in [0.15, 0.2) is 30.5 Å². The van der Waals surface area contributed by atoms with Gasteiger partial charge in [0.15, 0.2) is 6.61 Å². The molecule has 1 aliphatic heterocycles. The molecule has 1 aliphatic rings. The van der Waals surface area contributed by atoms with E-state index in [-0.39, 0.29) is 19.1 Å². The van der Waals surface area contributed by atoms with Crippen LogP contribution in [-0.2, 0) is 14.3 Å². The maximum atomic E-state index is 12.1. The molecule has 0 aliphatic carbocycles. The van der Waals surface area contributed by atoms with Crippen LogP contribution in [0.4, 0.5) is 0 Å². The first-order valence-electron chi connectivity index (χ1n) is 7.53. The van der Waals surface area contributed by atoms with Crippen molar-refractivity contribution in [3.63, 3.8) is 0 Å². The van der Waals surface area contributed by atoms with Crippen LogP contribution in [0.5, 0.6) is 0 Å². The molecule has 2 N–H and O–H groups in total. The number of aromatic nitrogens is 1. The summed E-state index contributed by atoms with van der Waals surface area (Å²) in [6, 6.07) is 7.33. The van der Waals surface area contributed by atoms with Crippen LogP contribution in [0.1, 0.15) is 10.4 Å². The number of thiocarbonyl (C=S) groups is 1. The summed E-state index contributed by atoms with van der Waals surface area (Å²) >= 11 is 6.36. The van der Waals surface area contributed by atoms with Crippen molar-refractivity contribution in [3.8, 4) is 0 Å². The van der Waals surface area contributed by atoms with Crippen molar-refractivity contribution in [3.05, 3.63) is 36.0 Å². The van der Waals surface area contributed by atoms with Crippen LogP contribution >= 0.6 is 24.0 Å². The molecule has 130 valence electrons. The number of para-hydroxylation sites is 1. The van der Waals surface area contributed by atoms with Gasteiger partial charge in [-0.25, -0.2) is 4.79 Å². The van der Waals surface area contributed by atoms with E-state index in [0.29, 0.717) is 22.2 Å². The van der Waals surface area contributed by atoms with Crippen LogP contribution in [0, 0.1) is 0 Å². The van der Waals surface area contributed by atoms with Gasteiger partial charge in [-0.2, -0.15) is 0 Å². The number of amides is 2. The number of nitrogens with one attached hydrogen (secondary N) is 2. The fourth-order valence-corrected chi connectivity index (χ4v) is 3.53. The molecular weight excluding hydrogens is 362 g/mol. The Hall–Kier alpha value is -2.39. The van der Waals surface area contributed by atoms with E-state index in [2.05, 4.69) is 10.3 Å². The lowest BCUT2D eigenvalue weighted by Crippen LogP contribution is -2.38. The number of fused-ring (bicyclic) bond motifs is 1. The highest BCUT2D eigenvalue weighted by molar-refractivity contribution is 8.23. The van der Waals surface area contributed by atoms with Crippen molar-refractivity contribution in [2.24, 2.45) is 0 Å². The fourth-order valence-electron chi connectivity index (χ4n) is 2.40. The van der Waals surface area contributed by atoms with E-state index in [0.717, 1.165) is 10.9 Å². The van der Waals surface area contributed by atoms with Crippen molar-refractivity contribution < 1.29 is 19.1 Å². The van der Waals surface area contributed by atoms with Gasteiger partial charge in [0.05, 0.1) is 11.3 Å².